The molecule has 4 aliphatic heterocycles. The Morgan fingerprint density at radius 1 is 0.662 bits per heavy atom. The Morgan fingerprint density at radius 2 is 1.21 bits per heavy atom. The summed E-state index contributed by atoms with van der Waals surface area (Å²) >= 11 is 0. The van der Waals surface area contributed by atoms with Gasteiger partial charge in [-0.15, -0.1) is 0 Å². The van der Waals surface area contributed by atoms with E-state index in [1.807, 2.05) is 98.3 Å². The monoisotopic (exact) mass is 964 g/mol. The molecule has 5 aromatic rings. The molecule has 2 atom stereocenters. The summed E-state index contributed by atoms with van der Waals surface area (Å²) < 4.78 is 31.1. The molecule has 5 aromatic carbocycles. The number of nitrogens with zero attached hydrogens (tertiary/aromatic N) is 5. The number of Topliss-reactive ketones (excluding diaryl/α,β-unsaturated/α-hetero) is 1. The largest absolute Gasteiger partial charge is 0.493 e. The summed E-state index contributed by atoms with van der Waals surface area (Å²) in [5, 5.41) is 0. The second-order valence-corrected chi connectivity index (χ2v) is 19.8. The Bertz CT molecular complexity index is 2760. The number of likely N-dealkylation sites (N-methyl/N-ethyl adjacent to an activating group) is 2. The minimum Gasteiger partial charge on any atom is -0.493 e. The first-order chi connectivity index (χ1) is 34.4. The van der Waals surface area contributed by atoms with Gasteiger partial charge in [-0.2, -0.15) is 0 Å². The predicted molar refractivity (Wildman–Crippen MR) is 281 cm³/mol. The van der Waals surface area contributed by atoms with Crippen LogP contribution in [0.5, 0.6) is 17.2 Å². The van der Waals surface area contributed by atoms with E-state index in [1.165, 1.54) is 11.1 Å². The molecule has 0 aromatic heterocycles. The van der Waals surface area contributed by atoms with Gasteiger partial charge in [-0.3, -0.25) is 14.4 Å². The molecule has 13 nitrogen and oxygen atoms in total. The lowest BCUT2D eigenvalue weighted by Gasteiger charge is -2.27. The van der Waals surface area contributed by atoms with E-state index in [1.54, 1.807) is 7.11 Å². The van der Waals surface area contributed by atoms with Crippen molar-refractivity contribution < 1.29 is 38.1 Å². The maximum atomic E-state index is 14.3. The van der Waals surface area contributed by atoms with Gasteiger partial charge in [0, 0.05) is 88.4 Å². The number of anilines is 5. The van der Waals surface area contributed by atoms with E-state index in [0.717, 1.165) is 64.4 Å². The molecular weight excluding hydrogens is 895 g/mol. The van der Waals surface area contributed by atoms with Gasteiger partial charge < -0.3 is 48.2 Å². The number of ketones is 1. The molecule has 0 N–H and O–H groups in total. The molecule has 4 heterocycles. The van der Waals surface area contributed by atoms with Crippen LogP contribution in [0.3, 0.4) is 0 Å². The number of ether oxygens (including phenoxy) is 5. The maximum absolute atomic E-state index is 14.3. The SMILES string of the molecule is CCCOCCOCCN(CCCC(=O)C(C)C)c1cc(COc2cc3c(cc2C)C(=O)N2c4ccccc4C[C@H]2CN3C)cc(COc2cc3c(cc2OC)C(=O)N2c4ccccc4C[C@H]2CN3C)c1. The molecule has 0 unspecified atom stereocenters. The maximum Gasteiger partial charge on any atom is 0.260 e. The quantitative estimate of drug-likeness (QED) is 0.0656. The van der Waals surface area contributed by atoms with Crippen LogP contribution in [-0.2, 0) is 40.3 Å². The standard InChI is InChI=1S/C58H69N5O8/c1-8-21-68-23-24-69-22-20-61(19-13-18-53(64)38(2)3)44-27-40(36-70-54-32-51-47(25-39(54)4)57(65)62-45(34-59(51)5)29-42-14-9-11-16-49(42)62)26-41(28-44)37-71-56-33-52-48(31-55(56)67-7)58(66)63-46(35-60(52)6)30-43-15-10-12-17-50(43)63/h9-12,14-17,25-28,31-33,38,45-46H,8,13,18-24,29-30,34-37H2,1-7H3/t45-,46-/m0/s1. The number of benzene rings is 5. The Morgan fingerprint density at radius 3 is 1.79 bits per heavy atom. The normalized spacial score (nSPS) is 16.7. The first-order valence-corrected chi connectivity index (χ1v) is 25.4. The fraction of sp³-hybridized carbons (Fsp3) is 0.431. The van der Waals surface area contributed by atoms with Gasteiger partial charge in [-0.1, -0.05) is 57.2 Å². The van der Waals surface area contributed by atoms with Gasteiger partial charge in [0.25, 0.3) is 11.8 Å². The summed E-state index contributed by atoms with van der Waals surface area (Å²) in [5.74, 6) is 1.87. The number of carbonyl (C=O) groups excluding carboxylic acids is 3. The Labute approximate surface area is 419 Å². The molecule has 0 saturated heterocycles. The zero-order chi connectivity index (χ0) is 49.8. The van der Waals surface area contributed by atoms with Gasteiger partial charge in [0.2, 0.25) is 0 Å². The molecule has 0 bridgehead atoms. The summed E-state index contributed by atoms with van der Waals surface area (Å²) in [7, 11) is 5.68. The van der Waals surface area contributed by atoms with E-state index in [-0.39, 0.29) is 48.8 Å². The van der Waals surface area contributed by atoms with Gasteiger partial charge in [0.15, 0.2) is 11.5 Å². The first kappa shape index (κ1) is 49.4. The van der Waals surface area contributed by atoms with E-state index >= 15 is 0 Å². The van der Waals surface area contributed by atoms with Crippen LogP contribution >= 0.6 is 0 Å². The number of methoxy groups -OCH3 is 1. The lowest BCUT2D eigenvalue weighted by Crippen LogP contribution is -2.41. The molecule has 9 rings (SSSR count). The minimum absolute atomic E-state index is 0.00871. The summed E-state index contributed by atoms with van der Waals surface area (Å²) in [6.07, 6.45) is 3.75. The Hall–Kier alpha value is -6.57. The van der Waals surface area contributed by atoms with E-state index in [2.05, 4.69) is 59.0 Å². The van der Waals surface area contributed by atoms with Crippen molar-refractivity contribution in [1.82, 2.24) is 0 Å². The summed E-state index contributed by atoms with van der Waals surface area (Å²) in [6.45, 7) is 13.3. The summed E-state index contributed by atoms with van der Waals surface area (Å²) in [4.78, 5) is 52.0. The highest BCUT2D eigenvalue weighted by atomic mass is 16.5. The number of para-hydroxylation sites is 2. The molecule has 0 fully saturated rings. The van der Waals surface area contributed by atoms with Crippen molar-refractivity contribution in [2.75, 3.05) is 98.3 Å². The van der Waals surface area contributed by atoms with Gasteiger partial charge in [0.1, 0.15) is 24.7 Å². The van der Waals surface area contributed by atoms with Gasteiger partial charge in [-0.05, 0) is 103 Å². The minimum atomic E-state index is -0.0526. The Balaban J connectivity index is 1.00. The van der Waals surface area contributed by atoms with Crippen molar-refractivity contribution in [3.8, 4) is 17.2 Å². The molecule has 0 aliphatic carbocycles. The van der Waals surface area contributed by atoms with Crippen molar-refractivity contribution >= 4 is 46.0 Å². The van der Waals surface area contributed by atoms with Gasteiger partial charge in [-0.25, -0.2) is 0 Å². The van der Waals surface area contributed by atoms with Gasteiger partial charge >= 0.3 is 0 Å². The molecule has 4 aliphatic rings. The number of fused-ring (bicyclic) bond motifs is 8. The molecule has 0 radical (unpaired) electrons. The van der Waals surface area contributed by atoms with Crippen LogP contribution in [0.2, 0.25) is 0 Å². The van der Waals surface area contributed by atoms with Crippen molar-refractivity contribution in [2.24, 2.45) is 5.92 Å². The van der Waals surface area contributed by atoms with Crippen molar-refractivity contribution in [3.63, 3.8) is 0 Å². The second kappa shape index (κ2) is 21.8. The van der Waals surface area contributed by atoms with Crippen LogP contribution in [0.4, 0.5) is 28.4 Å². The van der Waals surface area contributed by atoms with Crippen molar-refractivity contribution in [2.45, 2.75) is 85.1 Å². The van der Waals surface area contributed by atoms with E-state index < -0.39 is 0 Å². The molecule has 13 heteroatoms. The number of amides is 2. The smallest absolute Gasteiger partial charge is 0.260 e. The fourth-order valence-electron chi connectivity index (χ4n) is 10.6. The lowest BCUT2D eigenvalue weighted by atomic mass is 10.0. The zero-order valence-corrected chi connectivity index (χ0v) is 42.5. The molecule has 71 heavy (non-hydrogen) atoms. The number of hydrogen-bond acceptors (Lipinski definition) is 11. The average molecular weight is 964 g/mol. The third kappa shape index (κ3) is 10.6. The van der Waals surface area contributed by atoms with Gasteiger partial charge in [0.05, 0.1) is 61.5 Å². The van der Waals surface area contributed by atoms with E-state index in [9.17, 15) is 14.4 Å². The molecule has 0 spiro atoms. The molecule has 0 saturated carbocycles. The number of carbonyl (C=O) groups is 3. The zero-order valence-electron chi connectivity index (χ0n) is 42.5. The summed E-state index contributed by atoms with van der Waals surface area (Å²) in [5.41, 5.74) is 10.9. The van der Waals surface area contributed by atoms with Crippen molar-refractivity contribution in [3.05, 3.63) is 130 Å². The topological polar surface area (TPSA) is 114 Å². The molecule has 2 amide bonds. The van der Waals surface area contributed by atoms with Crippen LogP contribution in [0.15, 0.2) is 91.0 Å². The van der Waals surface area contributed by atoms with Crippen LogP contribution in [0, 0.1) is 12.8 Å². The van der Waals surface area contributed by atoms with Crippen molar-refractivity contribution in [1.29, 1.82) is 0 Å². The summed E-state index contributed by atoms with van der Waals surface area (Å²) in [6, 6.07) is 30.5. The number of aryl methyl sites for hydroxylation is 1. The first-order valence-electron chi connectivity index (χ1n) is 25.4. The highest BCUT2D eigenvalue weighted by Gasteiger charge is 2.41. The number of rotatable bonds is 21. The average Bonchev–Trinajstić information content (AvgIpc) is 3.87. The second-order valence-electron chi connectivity index (χ2n) is 19.8. The third-order valence-corrected chi connectivity index (χ3v) is 14.3. The Kier molecular flexibility index (Phi) is 15.2. The van der Waals surface area contributed by atoms with Crippen LogP contribution in [-0.4, -0.2) is 103 Å². The number of hydrogen-bond donors (Lipinski definition) is 0. The molecular formula is C58H69N5O8. The van der Waals surface area contributed by atoms with Crippen LogP contribution < -0.4 is 38.7 Å². The highest BCUT2D eigenvalue weighted by molar-refractivity contribution is 6.13. The van der Waals surface area contributed by atoms with E-state index in [4.69, 9.17) is 23.7 Å². The highest BCUT2D eigenvalue weighted by Crippen LogP contribution is 2.43. The molecule has 374 valence electrons. The fourth-order valence-corrected chi connectivity index (χ4v) is 10.6. The predicted octanol–water partition coefficient (Wildman–Crippen LogP) is 9.46. The van der Waals surface area contributed by atoms with Crippen LogP contribution in [0.1, 0.15) is 88.6 Å². The van der Waals surface area contributed by atoms with Crippen LogP contribution in [0.25, 0.3) is 0 Å². The third-order valence-electron chi connectivity index (χ3n) is 14.3. The lowest BCUT2D eigenvalue weighted by molar-refractivity contribution is -0.121. The van der Waals surface area contributed by atoms with E-state index in [0.29, 0.717) is 93.8 Å².